The maximum absolute atomic E-state index is 5.94. The van der Waals surface area contributed by atoms with E-state index in [-0.39, 0.29) is 0 Å². The highest BCUT2D eigenvalue weighted by atomic mass is 16.5. The molecule has 2 fully saturated rings. The van der Waals surface area contributed by atoms with E-state index in [4.69, 9.17) is 9.47 Å². The molecule has 24 heavy (non-hydrogen) atoms. The van der Waals surface area contributed by atoms with Gasteiger partial charge in [-0.3, -0.25) is 4.99 Å². The SMILES string of the molecule is CN=C(NCC1CCC(C)CC1)N1CCC(OCCCOC)CC1. The fourth-order valence-electron chi connectivity index (χ4n) is 3.79. The molecule has 140 valence electrons. The molecular formula is C19H37N3O2. The van der Waals surface area contributed by atoms with E-state index >= 15 is 0 Å². The predicted octanol–water partition coefficient (Wildman–Crippen LogP) is 2.91. The van der Waals surface area contributed by atoms with Crippen LogP contribution in [0.2, 0.25) is 0 Å². The lowest BCUT2D eigenvalue weighted by molar-refractivity contribution is 0.00987. The summed E-state index contributed by atoms with van der Waals surface area (Å²) in [6.07, 6.45) is 9.07. The van der Waals surface area contributed by atoms with Crippen LogP contribution in [0.4, 0.5) is 0 Å². The summed E-state index contributed by atoms with van der Waals surface area (Å²) in [5.74, 6) is 2.81. The van der Waals surface area contributed by atoms with Gasteiger partial charge in [0.2, 0.25) is 0 Å². The average Bonchev–Trinajstić information content (AvgIpc) is 2.62. The molecule has 0 aromatic carbocycles. The molecule has 1 saturated heterocycles. The third-order valence-electron chi connectivity index (χ3n) is 5.48. The summed E-state index contributed by atoms with van der Waals surface area (Å²) in [5, 5.41) is 3.62. The molecule has 0 atom stereocenters. The summed E-state index contributed by atoms with van der Waals surface area (Å²) in [7, 11) is 3.64. The van der Waals surface area contributed by atoms with Crippen LogP contribution >= 0.6 is 0 Å². The minimum Gasteiger partial charge on any atom is -0.385 e. The van der Waals surface area contributed by atoms with E-state index < -0.39 is 0 Å². The molecule has 2 rings (SSSR count). The first-order valence-corrected chi connectivity index (χ1v) is 9.79. The van der Waals surface area contributed by atoms with E-state index in [9.17, 15) is 0 Å². The molecule has 2 aliphatic rings. The number of piperidine rings is 1. The highest BCUT2D eigenvalue weighted by molar-refractivity contribution is 5.79. The van der Waals surface area contributed by atoms with E-state index in [1.807, 2.05) is 7.05 Å². The van der Waals surface area contributed by atoms with Crippen LogP contribution in [0.5, 0.6) is 0 Å². The molecule has 0 amide bonds. The first-order valence-electron chi connectivity index (χ1n) is 9.79. The van der Waals surface area contributed by atoms with Crippen molar-refractivity contribution >= 4 is 5.96 Å². The number of aliphatic imine (C=N–C) groups is 1. The maximum atomic E-state index is 5.94. The average molecular weight is 340 g/mol. The van der Waals surface area contributed by atoms with Gasteiger partial charge in [0.25, 0.3) is 0 Å². The quantitative estimate of drug-likeness (QED) is 0.440. The molecule has 1 saturated carbocycles. The standard InChI is InChI=1S/C19H37N3O2/c1-16-5-7-17(8-6-16)15-21-19(20-2)22-11-9-18(10-12-22)24-14-4-13-23-3/h16-18H,4-15H2,1-3H3,(H,20,21). The molecule has 0 aromatic heterocycles. The second-order valence-electron chi connectivity index (χ2n) is 7.46. The fraction of sp³-hybridized carbons (Fsp3) is 0.947. The summed E-state index contributed by atoms with van der Waals surface area (Å²) >= 11 is 0. The Hall–Kier alpha value is -0.810. The van der Waals surface area contributed by atoms with Gasteiger partial charge in [-0.2, -0.15) is 0 Å². The third kappa shape index (κ3) is 6.60. The van der Waals surface area contributed by atoms with Crippen LogP contribution in [-0.4, -0.2) is 64.0 Å². The molecule has 1 aliphatic carbocycles. The van der Waals surface area contributed by atoms with Gasteiger partial charge < -0.3 is 19.7 Å². The molecule has 5 heteroatoms. The number of nitrogens with zero attached hydrogens (tertiary/aromatic N) is 2. The summed E-state index contributed by atoms with van der Waals surface area (Å²) < 4.78 is 11.0. The summed E-state index contributed by atoms with van der Waals surface area (Å²) in [4.78, 5) is 6.89. The molecular weight excluding hydrogens is 302 g/mol. The second kappa shape index (κ2) is 10.9. The van der Waals surface area contributed by atoms with Gasteiger partial charge in [-0.05, 0) is 43.9 Å². The number of ether oxygens (including phenoxy) is 2. The summed E-state index contributed by atoms with van der Waals surface area (Å²) in [5.41, 5.74) is 0. The van der Waals surface area contributed by atoms with Crippen LogP contribution in [0.25, 0.3) is 0 Å². The lowest BCUT2D eigenvalue weighted by atomic mass is 9.83. The van der Waals surface area contributed by atoms with Gasteiger partial charge in [0.1, 0.15) is 0 Å². The van der Waals surface area contributed by atoms with Crippen molar-refractivity contribution < 1.29 is 9.47 Å². The smallest absolute Gasteiger partial charge is 0.193 e. The lowest BCUT2D eigenvalue weighted by Crippen LogP contribution is -2.48. The molecule has 0 radical (unpaired) electrons. The van der Waals surface area contributed by atoms with Crippen LogP contribution in [0.3, 0.4) is 0 Å². The van der Waals surface area contributed by atoms with Gasteiger partial charge in [0.15, 0.2) is 5.96 Å². The molecule has 1 heterocycles. The Morgan fingerprint density at radius 3 is 2.42 bits per heavy atom. The second-order valence-corrected chi connectivity index (χ2v) is 7.46. The zero-order chi connectivity index (χ0) is 17.2. The Kier molecular flexibility index (Phi) is 8.89. The van der Waals surface area contributed by atoms with Crippen molar-refractivity contribution in [1.29, 1.82) is 0 Å². The number of hydrogen-bond acceptors (Lipinski definition) is 3. The Bertz CT molecular complexity index is 360. The number of nitrogens with one attached hydrogen (secondary N) is 1. The summed E-state index contributed by atoms with van der Waals surface area (Å²) in [6, 6.07) is 0. The topological polar surface area (TPSA) is 46.1 Å². The number of guanidine groups is 1. The molecule has 5 nitrogen and oxygen atoms in total. The van der Waals surface area contributed by atoms with Gasteiger partial charge in [-0.1, -0.05) is 19.8 Å². The molecule has 1 N–H and O–H groups in total. The molecule has 0 spiro atoms. The van der Waals surface area contributed by atoms with Crippen LogP contribution in [0, 0.1) is 11.8 Å². The lowest BCUT2D eigenvalue weighted by Gasteiger charge is -2.35. The largest absolute Gasteiger partial charge is 0.385 e. The highest BCUT2D eigenvalue weighted by Gasteiger charge is 2.23. The molecule has 1 aliphatic heterocycles. The zero-order valence-electron chi connectivity index (χ0n) is 15.9. The van der Waals surface area contributed by atoms with E-state index in [0.717, 1.165) is 69.9 Å². The van der Waals surface area contributed by atoms with Crippen molar-refractivity contribution in [3.8, 4) is 0 Å². The first kappa shape index (κ1) is 19.5. The Labute approximate surface area is 148 Å². The van der Waals surface area contributed by atoms with Gasteiger partial charge in [0.05, 0.1) is 6.10 Å². The van der Waals surface area contributed by atoms with E-state index in [1.165, 1.54) is 25.7 Å². The van der Waals surface area contributed by atoms with Gasteiger partial charge in [-0.15, -0.1) is 0 Å². The first-order chi connectivity index (χ1) is 11.7. The van der Waals surface area contributed by atoms with E-state index in [2.05, 4.69) is 22.1 Å². The minimum absolute atomic E-state index is 0.399. The van der Waals surface area contributed by atoms with Crippen LogP contribution in [0.1, 0.15) is 51.9 Å². The van der Waals surface area contributed by atoms with Gasteiger partial charge in [0, 0.05) is 47.0 Å². The van der Waals surface area contributed by atoms with E-state index in [1.54, 1.807) is 7.11 Å². The normalized spacial score (nSPS) is 26.6. The van der Waals surface area contributed by atoms with Crippen LogP contribution in [0.15, 0.2) is 4.99 Å². The third-order valence-corrected chi connectivity index (χ3v) is 5.48. The number of likely N-dealkylation sites (tertiary alicyclic amines) is 1. The van der Waals surface area contributed by atoms with Crippen LogP contribution in [-0.2, 0) is 9.47 Å². The predicted molar refractivity (Wildman–Crippen MR) is 99.5 cm³/mol. The number of rotatable bonds is 7. The highest BCUT2D eigenvalue weighted by Crippen LogP contribution is 2.27. The maximum Gasteiger partial charge on any atom is 0.193 e. The Morgan fingerprint density at radius 1 is 1.08 bits per heavy atom. The van der Waals surface area contributed by atoms with Crippen molar-refractivity contribution in [1.82, 2.24) is 10.2 Å². The minimum atomic E-state index is 0.399. The van der Waals surface area contributed by atoms with Gasteiger partial charge in [-0.25, -0.2) is 0 Å². The van der Waals surface area contributed by atoms with Crippen molar-refractivity contribution in [2.24, 2.45) is 16.8 Å². The fourth-order valence-corrected chi connectivity index (χ4v) is 3.79. The molecule has 0 unspecified atom stereocenters. The van der Waals surface area contributed by atoms with Crippen molar-refractivity contribution in [2.45, 2.75) is 58.0 Å². The Balaban J connectivity index is 1.64. The number of hydrogen-bond donors (Lipinski definition) is 1. The van der Waals surface area contributed by atoms with Crippen LogP contribution < -0.4 is 5.32 Å². The van der Waals surface area contributed by atoms with Crippen molar-refractivity contribution in [3.63, 3.8) is 0 Å². The van der Waals surface area contributed by atoms with E-state index in [0.29, 0.717) is 6.10 Å². The summed E-state index contributed by atoms with van der Waals surface area (Å²) in [6.45, 7) is 7.13. The van der Waals surface area contributed by atoms with Gasteiger partial charge >= 0.3 is 0 Å². The monoisotopic (exact) mass is 339 g/mol. The van der Waals surface area contributed by atoms with Crippen molar-refractivity contribution in [3.05, 3.63) is 0 Å². The van der Waals surface area contributed by atoms with Crippen molar-refractivity contribution in [2.75, 3.05) is 47.0 Å². The zero-order valence-corrected chi connectivity index (χ0v) is 15.9. The molecule has 0 bridgehead atoms. The Morgan fingerprint density at radius 2 is 1.79 bits per heavy atom. The molecule has 0 aromatic rings. The number of methoxy groups -OCH3 is 1.